The summed E-state index contributed by atoms with van der Waals surface area (Å²) in [5.74, 6) is 1.81. The van der Waals surface area contributed by atoms with Crippen molar-refractivity contribution in [2.24, 2.45) is 0 Å². The van der Waals surface area contributed by atoms with Gasteiger partial charge in [-0.05, 0) is 37.1 Å². The second-order valence-corrected chi connectivity index (χ2v) is 4.95. The summed E-state index contributed by atoms with van der Waals surface area (Å²) in [5, 5.41) is 3.40. The molecule has 0 bridgehead atoms. The van der Waals surface area contributed by atoms with Crippen LogP contribution in [-0.2, 0) is 6.42 Å². The standard InChI is InChI=1S/C17H23N3O/c1-4-6-15-16(13-7-9-14(21-3)10-8-13)19-12-20-17(15)18-11-5-2/h7-10,12H,4-6,11H2,1-3H3,(H,18,19,20). The second kappa shape index (κ2) is 7.62. The Balaban J connectivity index is 2.40. The highest BCUT2D eigenvalue weighted by Crippen LogP contribution is 2.28. The van der Waals surface area contributed by atoms with Gasteiger partial charge in [-0.3, -0.25) is 0 Å². The lowest BCUT2D eigenvalue weighted by Gasteiger charge is -2.14. The van der Waals surface area contributed by atoms with E-state index in [2.05, 4.69) is 29.1 Å². The molecule has 0 radical (unpaired) electrons. The van der Waals surface area contributed by atoms with E-state index < -0.39 is 0 Å². The van der Waals surface area contributed by atoms with Crippen molar-refractivity contribution in [3.05, 3.63) is 36.2 Å². The summed E-state index contributed by atoms with van der Waals surface area (Å²) in [4.78, 5) is 8.91. The molecule has 1 heterocycles. The van der Waals surface area contributed by atoms with Crippen molar-refractivity contribution >= 4 is 5.82 Å². The molecule has 2 aromatic rings. The predicted octanol–water partition coefficient (Wildman–Crippen LogP) is 3.93. The Bertz CT molecular complexity index is 567. The van der Waals surface area contributed by atoms with Gasteiger partial charge in [-0.1, -0.05) is 20.3 Å². The van der Waals surface area contributed by atoms with Gasteiger partial charge in [-0.2, -0.15) is 0 Å². The first-order valence-corrected chi connectivity index (χ1v) is 7.52. The van der Waals surface area contributed by atoms with Crippen molar-refractivity contribution in [1.29, 1.82) is 0 Å². The van der Waals surface area contributed by atoms with Gasteiger partial charge in [0.2, 0.25) is 0 Å². The number of rotatable bonds is 7. The Morgan fingerprint density at radius 3 is 2.43 bits per heavy atom. The number of aromatic nitrogens is 2. The smallest absolute Gasteiger partial charge is 0.133 e. The largest absolute Gasteiger partial charge is 0.497 e. The molecule has 21 heavy (non-hydrogen) atoms. The van der Waals surface area contributed by atoms with Crippen LogP contribution in [0, 0.1) is 0 Å². The molecule has 112 valence electrons. The van der Waals surface area contributed by atoms with Crippen LogP contribution in [0.2, 0.25) is 0 Å². The fourth-order valence-corrected chi connectivity index (χ4v) is 2.29. The number of nitrogens with one attached hydrogen (secondary N) is 1. The third-order valence-corrected chi connectivity index (χ3v) is 3.35. The minimum atomic E-state index is 0.856. The molecule has 1 aromatic heterocycles. The van der Waals surface area contributed by atoms with E-state index in [1.165, 1.54) is 5.56 Å². The van der Waals surface area contributed by atoms with E-state index in [4.69, 9.17) is 4.74 Å². The Morgan fingerprint density at radius 1 is 1.05 bits per heavy atom. The van der Waals surface area contributed by atoms with Gasteiger partial charge in [0.25, 0.3) is 0 Å². The fraction of sp³-hybridized carbons (Fsp3) is 0.412. The average Bonchev–Trinajstić information content (AvgIpc) is 2.54. The molecular weight excluding hydrogens is 262 g/mol. The molecule has 0 saturated heterocycles. The van der Waals surface area contributed by atoms with Crippen molar-refractivity contribution < 1.29 is 4.74 Å². The molecule has 0 aliphatic rings. The monoisotopic (exact) mass is 285 g/mol. The summed E-state index contributed by atoms with van der Waals surface area (Å²) in [6.45, 7) is 5.25. The first-order chi connectivity index (χ1) is 10.3. The highest BCUT2D eigenvalue weighted by atomic mass is 16.5. The maximum atomic E-state index is 5.21. The van der Waals surface area contributed by atoms with E-state index >= 15 is 0 Å². The molecule has 0 amide bonds. The Kier molecular flexibility index (Phi) is 5.55. The minimum Gasteiger partial charge on any atom is -0.497 e. The van der Waals surface area contributed by atoms with Crippen molar-refractivity contribution in [2.75, 3.05) is 19.0 Å². The molecule has 0 spiro atoms. The quantitative estimate of drug-likeness (QED) is 0.837. The molecule has 2 rings (SSSR count). The Hall–Kier alpha value is -2.10. The SMILES string of the molecule is CCCNc1ncnc(-c2ccc(OC)cc2)c1CCC. The van der Waals surface area contributed by atoms with Gasteiger partial charge in [0, 0.05) is 17.7 Å². The molecule has 0 atom stereocenters. The summed E-state index contributed by atoms with van der Waals surface area (Å²) in [6, 6.07) is 8.02. The minimum absolute atomic E-state index is 0.856. The maximum absolute atomic E-state index is 5.21. The van der Waals surface area contributed by atoms with Crippen molar-refractivity contribution in [3.8, 4) is 17.0 Å². The molecule has 4 nitrogen and oxygen atoms in total. The molecule has 0 aliphatic heterocycles. The molecule has 1 aromatic carbocycles. The highest BCUT2D eigenvalue weighted by molar-refractivity contribution is 5.68. The summed E-state index contributed by atoms with van der Waals surface area (Å²) in [7, 11) is 1.68. The zero-order valence-electron chi connectivity index (χ0n) is 13.0. The Labute approximate surface area is 126 Å². The van der Waals surface area contributed by atoms with Crippen LogP contribution in [0.5, 0.6) is 5.75 Å². The molecule has 4 heteroatoms. The van der Waals surface area contributed by atoms with E-state index in [-0.39, 0.29) is 0 Å². The normalized spacial score (nSPS) is 10.4. The first-order valence-electron chi connectivity index (χ1n) is 7.52. The van der Waals surface area contributed by atoms with Crippen LogP contribution in [0.1, 0.15) is 32.3 Å². The molecule has 0 unspecified atom stereocenters. The van der Waals surface area contributed by atoms with Crippen LogP contribution in [0.15, 0.2) is 30.6 Å². The van der Waals surface area contributed by atoms with Gasteiger partial charge in [0.1, 0.15) is 17.9 Å². The summed E-state index contributed by atoms with van der Waals surface area (Å²) in [5.41, 5.74) is 3.30. The topological polar surface area (TPSA) is 47.0 Å². The van der Waals surface area contributed by atoms with Crippen LogP contribution >= 0.6 is 0 Å². The number of benzene rings is 1. The van der Waals surface area contributed by atoms with Gasteiger partial charge in [0.05, 0.1) is 12.8 Å². The fourth-order valence-electron chi connectivity index (χ4n) is 2.29. The molecule has 0 aliphatic carbocycles. The lowest BCUT2D eigenvalue weighted by molar-refractivity contribution is 0.415. The van der Waals surface area contributed by atoms with E-state index in [1.54, 1.807) is 13.4 Å². The lowest BCUT2D eigenvalue weighted by atomic mass is 10.0. The van der Waals surface area contributed by atoms with E-state index in [1.807, 2.05) is 24.3 Å². The predicted molar refractivity (Wildman–Crippen MR) is 86.8 cm³/mol. The van der Waals surface area contributed by atoms with Crippen LogP contribution in [-0.4, -0.2) is 23.6 Å². The third-order valence-electron chi connectivity index (χ3n) is 3.35. The van der Waals surface area contributed by atoms with Gasteiger partial charge in [-0.15, -0.1) is 0 Å². The van der Waals surface area contributed by atoms with Gasteiger partial charge >= 0.3 is 0 Å². The maximum Gasteiger partial charge on any atom is 0.133 e. The highest BCUT2D eigenvalue weighted by Gasteiger charge is 2.12. The lowest BCUT2D eigenvalue weighted by Crippen LogP contribution is -2.07. The summed E-state index contributed by atoms with van der Waals surface area (Å²) >= 11 is 0. The second-order valence-electron chi connectivity index (χ2n) is 4.95. The van der Waals surface area contributed by atoms with Crippen LogP contribution < -0.4 is 10.1 Å². The van der Waals surface area contributed by atoms with E-state index in [0.717, 1.165) is 48.6 Å². The first kappa shape index (κ1) is 15.3. The van der Waals surface area contributed by atoms with Gasteiger partial charge in [-0.25, -0.2) is 9.97 Å². The number of methoxy groups -OCH3 is 1. The van der Waals surface area contributed by atoms with Crippen molar-refractivity contribution in [1.82, 2.24) is 9.97 Å². The van der Waals surface area contributed by atoms with Crippen LogP contribution in [0.4, 0.5) is 5.82 Å². The molecule has 0 saturated carbocycles. The zero-order valence-corrected chi connectivity index (χ0v) is 13.0. The van der Waals surface area contributed by atoms with E-state index in [0.29, 0.717) is 0 Å². The molecule has 1 N–H and O–H groups in total. The molecular formula is C17H23N3O. The van der Waals surface area contributed by atoms with Crippen molar-refractivity contribution in [2.45, 2.75) is 33.1 Å². The number of anilines is 1. The zero-order chi connectivity index (χ0) is 15.1. The number of ether oxygens (including phenoxy) is 1. The van der Waals surface area contributed by atoms with E-state index in [9.17, 15) is 0 Å². The number of nitrogens with zero attached hydrogens (tertiary/aromatic N) is 2. The van der Waals surface area contributed by atoms with Crippen LogP contribution in [0.25, 0.3) is 11.3 Å². The van der Waals surface area contributed by atoms with Gasteiger partial charge < -0.3 is 10.1 Å². The number of hydrogen-bond donors (Lipinski definition) is 1. The average molecular weight is 285 g/mol. The Morgan fingerprint density at radius 2 is 1.81 bits per heavy atom. The van der Waals surface area contributed by atoms with Gasteiger partial charge in [0.15, 0.2) is 0 Å². The molecule has 0 fully saturated rings. The number of hydrogen-bond acceptors (Lipinski definition) is 4. The summed E-state index contributed by atoms with van der Waals surface area (Å²) in [6.07, 6.45) is 4.75. The van der Waals surface area contributed by atoms with Crippen molar-refractivity contribution in [3.63, 3.8) is 0 Å². The summed E-state index contributed by atoms with van der Waals surface area (Å²) < 4.78 is 5.21. The van der Waals surface area contributed by atoms with Crippen LogP contribution in [0.3, 0.4) is 0 Å². The third kappa shape index (κ3) is 3.72.